The van der Waals surface area contributed by atoms with Crippen molar-refractivity contribution in [1.82, 2.24) is 10.2 Å². The number of rotatable bonds is 5. The van der Waals surface area contributed by atoms with Crippen molar-refractivity contribution in [3.63, 3.8) is 0 Å². The summed E-state index contributed by atoms with van der Waals surface area (Å²) in [5, 5.41) is 3.28. The van der Waals surface area contributed by atoms with Gasteiger partial charge in [-0.3, -0.25) is 4.79 Å². The standard InChI is InChI=1S/C18H26N2O4/c1-22-15-11-14-12(10-16(21)20-8-6-19-7-9-20)4-5-13(14)17(23-2)18(15)24-3/h11-12,19H,4-10H2,1-3H3. The number of fused-ring (bicyclic) bond motifs is 1. The number of benzene rings is 1. The zero-order valence-corrected chi connectivity index (χ0v) is 14.7. The van der Waals surface area contributed by atoms with Gasteiger partial charge in [-0.05, 0) is 30.4 Å². The minimum Gasteiger partial charge on any atom is -0.493 e. The summed E-state index contributed by atoms with van der Waals surface area (Å²) in [6.07, 6.45) is 2.41. The van der Waals surface area contributed by atoms with E-state index in [1.54, 1.807) is 21.3 Å². The second-order valence-electron chi connectivity index (χ2n) is 6.28. The molecule has 1 saturated heterocycles. The monoisotopic (exact) mass is 334 g/mol. The zero-order chi connectivity index (χ0) is 17.1. The maximum atomic E-state index is 12.6. The average molecular weight is 334 g/mol. The SMILES string of the molecule is COc1cc2c(c(OC)c1OC)CCC2CC(=O)N1CCNCC1. The van der Waals surface area contributed by atoms with E-state index in [1.165, 1.54) is 0 Å². The van der Waals surface area contributed by atoms with Crippen LogP contribution < -0.4 is 19.5 Å². The van der Waals surface area contributed by atoms with E-state index in [1.807, 2.05) is 11.0 Å². The number of carbonyl (C=O) groups is 1. The number of amides is 1. The molecule has 1 fully saturated rings. The first-order valence-corrected chi connectivity index (χ1v) is 8.49. The molecule has 0 radical (unpaired) electrons. The van der Waals surface area contributed by atoms with E-state index < -0.39 is 0 Å². The van der Waals surface area contributed by atoms with Crippen molar-refractivity contribution in [2.45, 2.75) is 25.2 Å². The van der Waals surface area contributed by atoms with E-state index in [-0.39, 0.29) is 11.8 Å². The lowest BCUT2D eigenvalue weighted by molar-refractivity contribution is -0.132. The van der Waals surface area contributed by atoms with Crippen LogP contribution in [0.5, 0.6) is 17.2 Å². The van der Waals surface area contributed by atoms with E-state index in [2.05, 4.69) is 5.32 Å². The second-order valence-corrected chi connectivity index (χ2v) is 6.28. The van der Waals surface area contributed by atoms with E-state index in [4.69, 9.17) is 14.2 Å². The Morgan fingerprint density at radius 1 is 1.17 bits per heavy atom. The number of methoxy groups -OCH3 is 3. The molecule has 1 amide bonds. The summed E-state index contributed by atoms with van der Waals surface area (Å²) in [5.41, 5.74) is 2.31. The highest BCUT2D eigenvalue weighted by Crippen LogP contribution is 2.49. The Bertz CT molecular complexity index is 612. The molecule has 3 rings (SSSR count). The maximum Gasteiger partial charge on any atom is 0.223 e. The molecule has 1 atom stereocenters. The molecule has 1 N–H and O–H groups in total. The number of carbonyl (C=O) groups excluding carboxylic acids is 1. The maximum absolute atomic E-state index is 12.6. The fraction of sp³-hybridized carbons (Fsp3) is 0.611. The third-order valence-corrected chi connectivity index (χ3v) is 5.04. The quantitative estimate of drug-likeness (QED) is 0.886. The van der Waals surface area contributed by atoms with Gasteiger partial charge in [0.2, 0.25) is 11.7 Å². The van der Waals surface area contributed by atoms with Gasteiger partial charge in [-0.2, -0.15) is 0 Å². The average Bonchev–Trinajstić information content (AvgIpc) is 3.03. The zero-order valence-electron chi connectivity index (χ0n) is 14.7. The van der Waals surface area contributed by atoms with Crippen molar-refractivity contribution < 1.29 is 19.0 Å². The van der Waals surface area contributed by atoms with Crippen LogP contribution in [0.15, 0.2) is 6.07 Å². The van der Waals surface area contributed by atoms with Gasteiger partial charge in [0.05, 0.1) is 21.3 Å². The Balaban J connectivity index is 1.84. The van der Waals surface area contributed by atoms with Gasteiger partial charge in [-0.25, -0.2) is 0 Å². The molecule has 0 aromatic heterocycles. The largest absolute Gasteiger partial charge is 0.493 e. The minimum absolute atomic E-state index is 0.219. The number of piperazine rings is 1. The molecule has 2 aliphatic rings. The smallest absolute Gasteiger partial charge is 0.223 e. The fourth-order valence-electron chi connectivity index (χ4n) is 3.80. The summed E-state index contributed by atoms with van der Waals surface area (Å²) in [6, 6.07) is 2.01. The first-order chi connectivity index (χ1) is 11.7. The normalized spacial score (nSPS) is 19.8. The molecule has 0 saturated carbocycles. The number of hydrogen-bond donors (Lipinski definition) is 1. The molecule has 6 nitrogen and oxygen atoms in total. The highest BCUT2D eigenvalue weighted by atomic mass is 16.5. The van der Waals surface area contributed by atoms with Crippen LogP contribution in [-0.2, 0) is 11.2 Å². The van der Waals surface area contributed by atoms with Crippen molar-refractivity contribution in [2.75, 3.05) is 47.5 Å². The van der Waals surface area contributed by atoms with Gasteiger partial charge < -0.3 is 24.4 Å². The number of ether oxygens (including phenoxy) is 3. The van der Waals surface area contributed by atoms with E-state index in [0.29, 0.717) is 17.9 Å². The van der Waals surface area contributed by atoms with E-state index in [0.717, 1.165) is 55.9 Å². The summed E-state index contributed by atoms with van der Waals surface area (Å²) in [6.45, 7) is 3.36. The van der Waals surface area contributed by atoms with Crippen molar-refractivity contribution in [1.29, 1.82) is 0 Å². The lowest BCUT2D eigenvalue weighted by Gasteiger charge is -2.28. The minimum atomic E-state index is 0.219. The van der Waals surface area contributed by atoms with Crippen LogP contribution in [0.1, 0.15) is 29.9 Å². The van der Waals surface area contributed by atoms with Crippen LogP contribution >= 0.6 is 0 Å². The third-order valence-electron chi connectivity index (χ3n) is 5.04. The molecule has 24 heavy (non-hydrogen) atoms. The molecule has 0 spiro atoms. The van der Waals surface area contributed by atoms with E-state index in [9.17, 15) is 4.79 Å². The van der Waals surface area contributed by atoms with Gasteiger partial charge in [0.1, 0.15) is 0 Å². The molecule has 1 aliphatic carbocycles. The van der Waals surface area contributed by atoms with Crippen molar-refractivity contribution in [2.24, 2.45) is 0 Å². The predicted octanol–water partition coefficient (Wildman–Crippen LogP) is 1.56. The summed E-state index contributed by atoms with van der Waals surface area (Å²) in [5.74, 6) is 2.49. The van der Waals surface area contributed by atoms with E-state index >= 15 is 0 Å². The Hall–Kier alpha value is -1.95. The molecule has 1 aliphatic heterocycles. The van der Waals surface area contributed by atoms with Gasteiger partial charge in [0, 0.05) is 38.2 Å². The molecule has 1 aromatic carbocycles. The molecule has 132 valence electrons. The summed E-state index contributed by atoms with van der Waals surface area (Å²) < 4.78 is 16.5. The summed E-state index contributed by atoms with van der Waals surface area (Å²) in [7, 11) is 4.89. The Morgan fingerprint density at radius 2 is 1.88 bits per heavy atom. The molecule has 1 heterocycles. The Kier molecular flexibility index (Phi) is 5.14. The first-order valence-electron chi connectivity index (χ1n) is 8.49. The van der Waals surface area contributed by atoms with Gasteiger partial charge >= 0.3 is 0 Å². The highest BCUT2D eigenvalue weighted by Gasteiger charge is 2.32. The third kappa shape index (κ3) is 3.02. The van der Waals surface area contributed by atoms with Crippen molar-refractivity contribution >= 4 is 5.91 Å². The lowest BCUT2D eigenvalue weighted by atomic mass is 9.96. The van der Waals surface area contributed by atoms with Crippen molar-refractivity contribution in [3.05, 3.63) is 17.2 Å². The van der Waals surface area contributed by atoms with Gasteiger partial charge in [-0.15, -0.1) is 0 Å². The topological polar surface area (TPSA) is 60.0 Å². The Morgan fingerprint density at radius 3 is 2.50 bits per heavy atom. The molecule has 0 bridgehead atoms. The second kappa shape index (κ2) is 7.30. The Labute approximate surface area is 143 Å². The summed E-state index contributed by atoms with van der Waals surface area (Å²) in [4.78, 5) is 14.6. The molecular weight excluding hydrogens is 308 g/mol. The van der Waals surface area contributed by atoms with Crippen molar-refractivity contribution in [3.8, 4) is 17.2 Å². The molecule has 6 heteroatoms. The number of nitrogens with zero attached hydrogens (tertiary/aromatic N) is 1. The van der Waals surface area contributed by atoms with Crippen LogP contribution in [0.4, 0.5) is 0 Å². The van der Waals surface area contributed by atoms with Crippen LogP contribution in [0.2, 0.25) is 0 Å². The number of hydrogen-bond acceptors (Lipinski definition) is 5. The molecule has 1 aromatic rings. The van der Waals surface area contributed by atoms with Crippen LogP contribution in [0.25, 0.3) is 0 Å². The fourth-order valence-corrected chi connectivity index (χ4v) is 3.80. The van der Waals surface area contributed by atoms with Gasteiger partial charge in [0.25, 0.3) is 0 Å². The van der Waals surface area contributed by atoms with Crippen LogP contribution in [-0.4, -0.2) is 58.3 Å². The summed E-state index contributed by atoms with van der Waals surface area (Å²) >= 11 is 0. The highest BCUT2D eigenvalue weighted by molar-refractivity contribution is 5.78. The molecular formula is C18H26N2O4. The van der Waals surface area contributed by atoms with Gasteiger partial charge in [-0.1, -0.05) is 0 Å². The van der Waals surface area contributed by atoms with Crippen LogP contribution in [0.3, 0.4) is 0 Å². The number of nitrogens with one attached hydrogen (secondary N) is 1. The molecule has 1 unspecified atom stereocenters. The van der Waals surface area contributed by atoms with Crippen LogP contribution in [0, 0.1) is 0 Å². The van der Waals surface area contributed by atoms with Gasteiger partial charge in [0.15, 0.2) is 11.5 Å². The lowest BCUT2D eigenvalue weighted by Crippen LogP contribution is -2.46. The predicted molar refractivity (Wildman–Crippen MR) is 91.2 cm³/mol. The first kappa shape index (κ1) is 16.9.